The third-order valence-electron chi connectivity index (χ3n) is 4.40. The Labute approximate surface area is 167 Å². The molecule has 0 spiro atoms. The Kier molecular flexibility index (Phi) is 5.13. The molecule has 4 rings (SSSR count). The SMILES string of the molecule is O=C(CN1C(=S)N[C@H](c2ccccn2)[C@H]1c1cccs1)Nc1ccccc1. The van der Waals surface area contributed by atoms with Crippen LogP contribution in [0.1, 0.15) is 22.7 Å². The Bertz CT molecular complexity index is 916. The van der Waals surface area contributed by atoms with Crippen LogP contribution in [-0.2, 0) is 4.79 Å². The number of aromatic nitrogens is 1. The molecule has 2 atom stereocenters. The summed E-state index contributed by atoms with van der Waals surface area (Å²) < 4.78 is 0. The molecule has 5 nitrogen and oxygen atoms in total. The zero-order chi connectivity index (χ0) is 18.6. The number of thiophene rings is 1. The number of pyridine rings is 1. The van der Waals surface area contributed by atoms with Crippen LogP contribution in [0.15, 0.2) is 72.2 Å². The first-order valence-corrected chi connectivity index (χ1v) is 9.87. The maximum absolute atomic E-state index is 12.6. The number of rotatable bonds is 5. The van der Waals surface area contributed by atoms with Crippen LogP contribution in [0.5, 0.6) is 0 Å². The van der Waals surface area contributed by atoms with Crippen LogP contribution in [0.3, 0.4) is 0 Å². The molecule has 0 aliphatic carbocycles. The maximum Gasteiger partial charge on any atom is 0.244 e. The van der Waals surface area contributed by atoms with Crippen molar-refractivity contribution in [2.24, 2.45) is 0 Å². The van der Waals surface area contributed by atoms with Crippen LogP contribution < -0.4 is 10.6 Å². The molecule has 1 saturated heterocycles. The van der Waals surface area contributed by atoms with E-state index in [0.717, 1.165) is 16.3 Å². The molecule has 136 valence electrons. The largest absolute Gasteiger partial charge is 0.352 e. The average Bonchev–Trinajstić information content (AvgIpc) is 3.32. The standard InChI is InChI=1S/C20H18N4OS2/c25-17(22-14-7-2-1-3-8-14)13-24-19(16-10-6-12-27-16)18(23-20(24)26)15-9-4-5-11-21-15/h1-12,18-19H,13H2,(H,22,25)(H,23,26)/t18-,19-/m1/s1. The molecular weight excluding hydrogens is 376 g/mol. The highest BCUT2D eigenvalue weighted by Crippen LogP contribution is 2.40. The molecule has 0 saturated carbocycles. The van der Waals surface area contributed by atoms with Crippen LogP contribution >= 0.6 is 23.6 Å². The van der Waals surface area contributed by atoms with E-state index in [-0.39, 0.29) is 24.5 Å². The fourth-order valence-corrected chi connectivity index (χ4v) is 4.40. The third kappa shape index (κ3) is 3.84. The molecule has 3 heterocycles. The molecule has 3 aromatic rings. The number of hydrogen-bond acceptors (Lipinski definition) is 4. The van der Waals surface area contributed by atoms with E-state index in [1.54, 1.807) is 17.5 Å². The zero-order valence-corrected chi connectivity index (χ0v) is 16.0. The van der Waals surface area contributed by atoms with E-state index in [0.29, 0.717) is 5.11 Å². The second-order valence-electron chi connectivity index (χ2n) is 6.18. The second-order valence-corrected chi connectivity index (χ2v) is 7.55. The number of benzene rings is 1. The van der Waals surface area contributed by atoms with Gasteiger partial charge in [0.2, 0.25) is 5.91 Å². The monoisotopic (exact) mass is 394 g/mol. The first-order chi connectivity index (χ1) is 13.2. The summed E-state index contributed by atoms with van der Waals surface area (Å²) in [5.74, 6) is -0.103. The quantitative estimate of drug-likeness (QED) is 0.646. The van der Waals surface area contributed by atoms with Crippen LogP contribution in [0.4, 0.5) is 5.69 Å². The first-order valence-electron chi connectivity index (χ1n) is 8.59. The summed E-state index contributed by atoms with van der Waals surface area (Å²) in [7, 11) is 0. The highest BCUT2D eigenvalue weighted by Gasteiger charge is 2.41. The Morgan fingerprint density at radius 2 is 1.96 bits per heavy atom. The highest BCUT2D eigenvalue weighted by molar-refractivity contribution is 7.80. The minimum absolute atomic E-state index is 0.0751. The Morgan fingerprint density at radius 1 is 1.15 bits per heavy atom. The average molecular weight is 395 g/mol. The molecule has 2 aromatic heterocycles. The van der Waals surface area contributed by atoms with Gasteiger partial charge in [-0.3, -0.25) is 9.78 Å². The van der Waals surface area contributed by atoms with Gasteiger partial charge >= 0.3 is 0 Å². The highest BCUT2D eigenvalue weighted by atomic mass is 32.1. The van der Waals surface area contributed by atoms with Gasteiger partial charge < -0.3 is 15.5 Å². The van der Waals surface area contributed by atoms with Gasteiger partial charge in [0.05, 0.1) is 17.8 Å². The Hall–Kier alpha value is -2.77. The third-order valence-corrected chi connectivity index (χ3v) is 5.70. The van der Waals surface area contributed by atoms with E-state index in [1.165, 1.54) is 0 Å². The van der Waals surface area contributed by atoms with Crippen molar-refractivity contribution in [3.63, 3.8) is 0 Å². The summed E-state index contributed by atoms with van der Waals surface area (Å²) in [6.45, 7) is 0.173. The molecule has 27 heavy (non-hydrogen) atoms. The molecule has 1 aliphatic rings. The fourth-order valence-electron chi connectivity index (χ4n) is 3.22. The lowest BCUT2D eigenvalue weighted by Gasteiger charge is -2.26. The smallest absolute Gasteiger partial charge is 0.244 e. The molecule has 1 aliphatic heterocycles. The minimum Gasteiger partial charge on any atom is -0.352 e. The van der Waals surface area contributed by atoms with E-state index < -0.39 is 0 Å². The predicted octanol–water partition coefficient (Wildman–Crippen LogP) is 3.75. The molecule has 2 N–H and O–H groups in total. The van der Waals surface area contributed by atoms with Gasteiger partial charge in [-0.15, -0.1) is 11.3 Å². The number of thiocarbonyl (C=S) groups is 1. The normalized spacial score (nSPS) is 19.0. The van der Waals surface area contributed by atoms with E-state index in [9.17, 15) is 4.79 Å². The lowest BCUT2D eigenvalue weighted by atomic mass is 10.0. The summed E-state index contributed by atoms with van der Waals surface area (Å²) in [5.41, 5.74) is 1.68. The van der Waals surface area contributed by atoms with E-state index >= 15 is 0 Å². The van der Waals surface area contributed by atoms with E-state index in [2.05, 4.69) is 21.7 Å². The van der Waals surface area contributed by atoms with Crippen molar-refractivity contribution in [2.45, 2.75) is 12.1 Å². The van der Waals surface area contributed by atoms with Gasteiger partial charge in [-0.1, -0.05) is 30.3 Å². The second kappa shape index (κ2) is 7.85. The van der Waals surface area contributed by atoms with Crippen molar-refractivity contribution in [2.75, 3.05) is 11.9 Å². The molecule has 1 fully saturated rings. The van der Waals surface area contributed by atoms with Crippen LogP contribution in [0.2, 0.25) is 0 Å². The van der Waals surface area contributed by atoms with Crippen LogP contribution in [0.25, 0.3) is 0 Å². The van der Waals surface area contributed by atoms with Gasteiger partial charge in [-0.25, -0.2) is 0 Å². The van der Waals surface area contributed by atoms with Gasteiger partial charge in [0.15, 0.2) is 5.11 Å². The van der Waals surface area contributed by atoms with Crippen LogP contribution in [0, 0.1) is 0 Å². The van der Waals surface area contributed by atoms with Crippen molar-refractivity contribution in [3.05, 3.63) is 82.8 Å². The van der Waals surface area contributed by atoms with Crippen molar-refractivity contribution >= 4 is 40.3 Å². The number of para-hydroxylation sites is 1. The Balaban J connectivity index is 1.58. The summed E-state index contributed by atoms with van der Waals surface area (Å²) in [5, 5.41) is 8.88. The van der Waals surface area contributed by atoms with Gasteiger partial charge in [0.25, 0.3) is 0 Å². The lowest BCUT2D eigenvalue weighted by Crippen LogP contribution is -2.36. The van der Waals surface area contributed by atoms with E-state index in [1.807, 2.05) is 64.9 Å². The summed E-state index contributed by atoms with van der Waals surface area (Å²) in [6.07, 6.45) is 1.77. The number of carbonyl (C=O) groups is 1. The van der Waals surface area contributed by atoms with Crippen molar-refractivity contribution < 1.29 is 4.79 Å². The van der Waals surface area contributed by atoms with Gasteiger partial charge in [-0.2, -0.15) is 0 Å². The van der Waals surface area contributed by atoms with Gasteiger partial charge in [0, 0.05) is 16.8 Å². The van der Waals surface area contributed by atoms with Crippen LogP contribution in [-0.4, -0.2) is 27.4 Å². The molecule has 7 heteroatoms. The molecule has 0 radical (unpaired) electrons. The topological polar surface area (TPSA) is 57.3 Å². The van der Waals surface area contributed by atoms with Gasteiger partial charge in [-0.05, 0) is 47.9 Å². The van der Waals surface area contributed by atoms with Crippen molar-refractivity contribution in [1.29, 1.82) is 0 Å². The number of hydrogen-bond donors (Lipinski definition) is 2. The summed E-state index contributed by atoms with van der Waals surface area (Å²) in [4.78, 5) is 20.2. The lowest BCUT2D eigenvalue weighted by molar-refractivity contribution is -0.116. The fraction of sp³-hybridized carbons (Fsp3) is 0.150. The molecule has 0 bridgehead atoms. The molecular formula is C20H18N4OS2. The summed E-state index contributed by atoms with van der Waals surface area (Å²) >= 11 is 7.22. The number of nitrogens with one attached hydrogen (secondary N) is 2. The van der Waals surface area contributed by atoms with Gasteiger partial charge in [0.1, 0.15) is 6.54 Å². The maximum atomic E-state index is 12.6. The van der Waals surface area contributed by atoms with E-state index in [4.69, 9.17) is 12.2 Å². The number of anilines is 1. The molecule has 1 aromatic carbocycles. The molecule has 0 unspecified atom stereocenters. The Morgan fingerprint density at radius 3 is 2.67 bits per heavy atom. The van der Waals surface area contributed by atoms with Crippen molar-refractivity contribution in [1.82, 2.24) is 15.2 Å². The van der Waals surface area contributed by atoms with Crippen molar-refractivity contribution in [3.8, 4) is 0 Å². The zero-order valence-electron chi connectivity index (χ0n) is 14.4. The molecule has 1 amide bonds. The number of amides is 1. The summed E-state index contributed by atoms with van der Waals surface area (Å²) in [6, 6.07) is 19.2. The minimum atomic E-state index is -0.103. The number of nitrogens with zero attached hydrogens (tertiary/aromatic N) is 2. The predicted molar refractivity (Wildman–Crippen MR) is 112 cm³/mol. The number of carbonyl (C=O) groups excluding carboxylic acids is 1. The first kappa shape index (κ1) is 17.6.